The number of nitrogens with zero attached hydrogens (tertiary/aromatic N) is 3. The Kier molecular flexibility index (Phi) is 6.84. The highest BCUT2D eigenvalue weighted by Gasteiger charge is 2.24. The van der Waals surface area contributed by atoms with Crippen molar-refractivity contribution in [3.05, 3.63) is 11.3 Å². The zero-order valence-electron chi connectivity index (χ0n) is 16.3. The lowest BCUT2D eigenvalue weighted by Crippen LogP contribution is -2.53. The van der Waals surface area contributed by atoms with Gasteiger partial charge in [0.25, 0.3) is 0 Å². The maximum absolute atomic E-state index is 4.90. The second kappa shape index (κ2) is 8.65. The molecule has 0 spiro atoms. The third kappa shape index (κ3) is 4.59. The van der Waals surface area contributed by atoms with Gasteiger partial charge in [-0.25, -0.2) is 4.98 Å². The van der Waals surface area contributed by atoms with Gasteiger partial charge in [0, 0.05) is 43.0 Å². The summed E-state index contributed by atoms with van der Waals surface area (Å²) in [4.78, 5) is 12.0. The Morgan fingerprint density at radius 2 is 2.00 bits per heavy atom. The molecule has 2 unspecified atom stereocenters. The number of aryl methyl sites for hydroxylation is 1. The standard InChI is InChI=1S/C19H35N5/c1-7-9-16(8-2)22-18-14(5)15(6)21-19(23-18)24-11-10-20-17(12-24)13(3)4/h13,16-17,20H,7-12H2,1-6H3,(H,21,22,23). The highest BCUT2D eigenvalue weighted by Crippen LogP contribution is 2.23. The minimum Gasteiger partial charge on any atom is -0.367 e. The maximum Gasteiger partial charge on any atom is 0.227 e. The first-order valence-corrected chi connectivity index (χ1v) is 9.56. The van der Waals surface area contributed by atoms with Crippen LogP contribution in [0, 0.1) is 19.8 Å². The van der Waals surface area contributed by atoms with Gasteiger partial charge >= 0.3 is 0 Å². The van der Waals surface area contributed by atoms with Crippen LogP contribution in [0.4, 0.5) is 11.8 Å². The third-order valence-corrected chi connectivity index (χ3v) is 5.14. The van der Waals surface area contributed by atoms with Gasteiger partial charge in [-0.15, -0.1) is 0 Å². The Morgan fingerprint density at radius 3 is 2.62 bits per heavy atom. The van der Waals surface area contributed by atoms with E-state index in [9.17, 15) is 0 Å². The Hall–Kier alpha value is -1.36. The van der Waals surface area contributed by atoms with E-state index in [1.165, 1.54) is 18.4 Å². The van der Waals surface area contributed by atoms with Crippen molar-refractivity contribution in [2.24, 2.45) is 5.92 Å². The maximum atomic E-state index is 4.90. The van der Waals surface area contributed by atoms with Crippen molar-refractivity contribution < 1.29 is 0 Å². The smallest absolute Gasteiger partial charge is 0.227 e. The molecule has 0 saturated carbocycles. The lowest BCUT2D eigenvalue weighted by atomic mass is 10.0. The molecule has 24 heavy (non-hydrogen) atoms. The fourth-order valence-electron chi connectivity index (χ4n) is 3.22. The van der Waals surface area contributed by atoms with Crippen LogP contribution in [0.3, 0.4) is 0 Å². The summed E-state index contributed by atoms with van der Waals surface area (Å²) >= 11 is 0. The van der Waals surface area contributed by atoms with E-state index in [-0.39, 0.29) is 0 Å². The second-order valence-corrected chi connectivity index (χ2v) is 7.37. The molecule has 0 radical (unpaired) electrons. The van der Waals surface area contributed by atoms with Crippen LogP contribution in [0.15, 0.2) is 0 Å². The molecule has 5 heteroatoms. The van der Waals surface area contributed by atoms with E-state index >= 15 is 0 Å². The first kappa shape index (κ1) is 19.0. The van der Waals surface area contributed by atoms with Crippen LogP contribution in [-0.4, -0.2) is 41.7 Å². The van der Waals surface area contributed by atoms with Gasteiger partial charge in [-0.3, -0.25) is 0 Å². The molecule has 0 aromatic carbocycles. The van der Waals surface area contributed by atoms with Crippen molar-refractivity contribution >= 4 is 11.8 Å². The van der Waals surface area contributed by atoms with Crippen molar-refractivity contribution in [3.8, 4) is 0 Å². The average molecular weight is 334 g/mol. The highest BCUT2D eigenvalue weighted by molar-refractivity contribution is 5.51. The summed E-state index contributed by atoms with van der Waals surface area (Å²) in [6, 6.07) is 0.992. The van der Waals surface area contributed by atoms with Crippen molar-refractivity contribution in [1.82, 2.24) is 15.3 Å². The Balaban J connectivity index is 2.22. The summed E-state index contributed by atoms with van der Waals surface area (Å²) in [6.45, 7) is 16.2. The van der Waals surface area contributed by atoms with Crippen LogP contribution in [0.5, 0.6) is 0 Å². The monoisotopic (exact) mass is 333 g/mol. The van der Waals surface area contributed by atoms with Gasteiger partial charge in [-0.2, -0.15) is 4.98 Å². The van der Waals surface area contributed by atoms with E-state index in [1.807, 2.05) is 0 Å². The molecule has 2 rings (SSSR count). The molecule has 136 valence electrons. The molecule has 2 atom stereocenters. The van der Waals surface area contributed by atoms with E-state index in [4.69, 9.17) is 9.97 Å². The van der Waals surface area contributed by atoms with Crippen LogP contribution in [0.1, 0.15) is 58.2 Å². The van der Waals surface area contributed by atoms with Crippen molar-refractivity contribution in [1.29, 1.82) is 0 Å². The fourth-order valence-corrected chi connectivity index (χ4v) is 3.22. The van der Waals surface area contributed by atoms with E-state index in [1.54, 1.807) is 0 Å². The largest absolute Gasteiger partial charge is 0.367 e. The second-order valence-electron chi connectivity index (χ2n) is 7.37. The number of aromatic nitrogens is 2. The molecule has 1 aliphatic heterocycles. The number of hydrogen-bond donors (Lipinski definition) is 2. The van der Waals surface area contributed by atoms with Crippen molar-refractivity contribution in [2.45, 2.75) is 72.9 Å². The summed E-state index contributed by atoms with van der Waals surface area (Å²) in [5.41, 5.74) is 2.25. The molecule has 0 aliphatic carbocycles. The highest BCUT2D eigenvalue weighted by atomic mass is 15.3. The molecule has 0 bridgehead atoms. The SMILES string of the molecule is CCCC(CC)Nc1nc(N2CCNC(C(C)C)C2)nc(C)c1C. The zero-order chi connectivity index (χ0) is 17.7. The lowest BCUT2D eigenvalue weighted by molar-refractivity contribution is 0.366. The van der Waals surface area contributed by atoms with E-state index < -0.39 is 0 Å². The summed E-state index contributed by atoms with van der Waals surface area (Å²) in [5.74, 6) is 2.50. The van der Waals surface area contributed by atoms with Gasteiger partial charge in [-0.1, -0.05) is 34.1 Å². The minimum absolute atomic E-state index is 0.488. The van der Waals surface area contributed by atoms with Crippen LogP contribution >= 0.6 is 0 Å². The van der Waals surface area contributed by atoms with Gasteiger partial charge in [0.2, 0.25) is 5.95 Å². The van der Waals surface area contributed by atoms with Gasteiger partial charge in [0.15, 0.2) is 0 Å². The van der Waals surface area contributed by atoms with Crippen molar-refractivity contribution in [2.75, 3.05) is 29.9 Å². The summed E-state index contributed by atoms with van der Waals surface area (Å²) in [6.07, 6.45) is 3.49. The van der Waals surface area contributed by atoms with E-state index in [0.717, 1.165) is 43.5 Å². The predicted molar refractivity (Wildman–Crippen MR) is 103 cm³/mol. The van der Waals surface area contributed by atoms with Crippen LogP contribution in [0.25, 0.3) is 0 Å². The average Bonchev–Trinajstić information content (AvgIpc) is 2.58. The summed E-state index contributed by atoms with van der Waals surface area (Å²) < 4.78 is 0. The van der Waals surface area contributed by atoms with Gasteiger partial charge in [0.05, 0.1) is 0 Å². The summed E-state index contributed by atoms with van der Waals surface area (Å²) in [5, 5.41) is 7.26. The van der Waals surface area contributed by atoms with Crippen LogP contribution in [0.2, 0.25) is 0 Å². The number of anilines is 2. The zero-order valence-corrected chi connectivity index (χ0v) is 16.3. The Labute approximate surface area is 147 Å². The molecule has 1 aliphatic rings. The van der Waals surface area contributed by atoms with Crippen LogP contribution in [-0.2, 0) is 0 Å². The topological polar surface area (TPSA) is 53.1 Å². The fraction of sp³-hybridized carbons (Fsp3) is 0.789. The predicted octanol–water partition coefficient (Wildman–Crippen LogP) is 3.52. The van der Waals surface area contributed by atoms with Crippen LogP contribution < -0.4 is 15.5 Å². The molecule has 1 aromatic rings. The third-order valence-electron chi connectivity index (χ3n) is 5.14. The van der Waals surface area contributed by atoms with Gasteiger partial charge < -0.3 is 15.5 Å². The molecule has 5 nitrogen and oxygen atoms in total. The molecule has 1 fully saturated rings. The Morgan fingerprint density at radius 1 is 1.25 bits per heavy atom. The summed E-state index contributed by atoms with van der Waals surface area (Å²) in [7, 11) is 0. The molecule has 2 N–H and O–H groups in total. The molecular weight excluding hydrogens is 298 g/mol. The number of piperazine rings is 1. The number of hydrogen-bond acceptors (Lipinski definition) is 5. The number of nitrogens with one attached hydrogen (secondary N) is 2. The van der Waals surface area contributed by atoms with E-state index in [2.05, 4.69) is 57.1 Å². The molecule has 1 saturated heterocycles. The van der Waals surface area contributed by atoms with Gasteiger partial charge in [-0.05, 0) is 32.6 Å². The quantitative estimate of drug-likeness (QED) is 0.799. The number of rotatable bonds is 7. The van der Waals surface area contributed by atoms with E-state index in [0.29, 0.717) is 18.0 Å². The lowest BCUT2D eigenvalue weighted by Gasteiger charge is -2.36. The Bertz CT molecular complexity index is 529. The minimum atomic E-state index is 0.488. The first-order chi connectivity index (χ1) is 11.5. The first-order valence-electron chi connectivity index (χ1n) is 9.56. The van der Waals surface area contributed by atoms with Crippen molar-refractivity contribution in [3.63, 3.8) is 0 Å². The molecule has 2 heterocycles. The van der Waals surface area contributed by atoms with Gasteiger partial charge in [0.1, 0.15) is 5.82 Å². The molecule has 0 amide bonds. The molecule has 1 aromatic heterocycles. The normalized spacial score (nSPS) is 19.6. The molecular formula is C19H35N5.